The quantitative estimate of drug-likeness (QED) is 0.417. The molecule has 0 aliphatic rings. The number of carbonyl (C=O) groups is 1. The third kappa shape index (κ3) is 3.20. The van der Waals surface area contributed by atoms with Crippen LogP contribution in [0.3, 0.4) is 0 Å². The molecule has 0 spiro atoms. The van der Waals surface area contributed by atoms with E-state index in [0.717, 1.165) is 10.3 Å². The van der Waals surface area contributed by atoms with Crippen LogP contribution < -0.4 is 10.4 Å². The van der Waals surface area contributed by atoms with Crippen LogP contribution in [-0.4, -0.2) is 5.97 Å². The minimum absolute atomic E-state index is 0.353. The smallest absolute Gasteiger partial charge is 0.350 e. The van der Waals surface area contributed by atoms with Gasteiger partial charge in [-0.05, 0) is 30.3 Å². The molecule has 2 aromatic carbocycles. The van der Waals surface area contributed by atoms with E-state index in [9.17, 15) is 9.59 Å². The van der Waals surface area contributed by atoms with E-state index in [1.807, 2.05) is 30.3 Å². The highest BCUT2D eigenvalue weighted by Crippen LogP contribution is 2.28. The van der Waals surface area contributed by atoms with E-state index in [-0.39, 0.29) is 0 Å². The van der Waals surface area contributed by atoms with Gasteiger partial charge in [0.1, 0.15) is 11.3 Å². The van der Waals surface area contributed by atoms with Crippen molar-refractivity contribution >= 4 is 28.7 Å². The van der Waals surface area contributed by atoms with E-state index >= 15 is 0 Å². The van der Waals surface area contributed by atoms with Crippen molar-refractivity contribution in [3.8, 4) is 5.75 Å². The summed E-state index contributed by atoms with van der Waals surface area (Å²) in [6, 6.07) is 16.3. The van der Waals surface area contributed by atoms with Crippen molar-refractivity contribution in [2.45, 2.75) is 16.7 Å². The zero-order chi connectivity index (χ0) is 15.5. The van der Waals surface area contributed by atoms with Gasteiger partial charge in [0.15, 0.2) is 0 Å². The standard InChI is InChI=1S/C17H12O4S/c1-11(18)20-13-8-7-12-9-16(17(19)21-15(12)10-13)22-14-5-3-2-4-6-14/h2-10H,1H3. The first-order valence-electron chi connectivity index (χ1n) is 6.61. The Morgan fingerprint density at radius 1 is 1.09 bits per heavy atom. The SMILES string of the molecule is CC(=O)Oc1ccc2cc(Sc3ccccc3)c(=O)oc2c1. The van der Waals surface area contributed by atoms with Gasteiger partial charge < -0.3 is 9.15 Å². The lowest BCUT2D eigenvalue weighted by molar-refractivity contribution is -0.131. The van der Waals surface area contributed by atoms with Crippen molar-refractivity contribution in [3.63, 3.8) is 0 Å². The molecule has 0 fully saturated rings. The van der Waals surface area contributed by atoms with Crippen molar-refractivity contribution in [1.82, 2.24) is 0 Å². The fourth-order valence-electron chi connectivity index (χ4n) is 1.99. The minimum atomic E-state index is -0.419. The number of hydrogen-bond donors (Lipinski definition) is 0. The summed E-state index contributed by atoms with van der Waals surface area (Å²) in [5.74, 6) is -0.0652. The molecule has 0 amide bonds. The summed E-state index contributed by atoms with van der Waals surface area (Å²) in [5.41, 5.74) is -0.0255. The van der Waals surface area contributed by atoms with Gasteiger partial charge in [-0.25, -0.2) is 4.79 Å². The summed E-state index contributed by atoms with van der Waals surface area (Å²) in [6.45, 7) is 1.32. The monoisotopic (exact) mass is 312 g/mol. The highest BCUT2D eigenvalue weighted by atomic mass is 32.2. The van der Waals surface area contributed by atoms with Crippen LogP contribution >= 0.6 is 11.8 Å². The van der Waals surface area contributed by atoms with Crippen LogP contribution in [0.2, 0.25) is 0 Å². The molecule has 0 N–H and O–H groups in total. The van der Waals surface area contributed by atoms with Crippen molar-refractivity contribution in [2.75, 3.05) is 0 Å². The van der Waals surface area contributed by atoms with Crippen molar-refractivity contribution in [2.24, 2.45) is 0 Å². The maximum atomic E-state index is 12.1. The molecule has 0 aliphatic carbocycles. The molecule has 22 heavy (non-hydrogen) atoms. The molecule has 5 heteroatoms. The van der Waals surface area contributed by atoms with Crippen molar-refractivity contribution in [1.29, 1.82) is 0 Å². The van der Waals surface area contributed by atoms with E-state index in [1.165, 1.54) is 24.8 Å². The van der Waals surface area contributed by atoms with Gasteiger partial charge in [-0.3, -0.25) is 4.79 Å². The molecular formula is C17H12O4S. The zero-order valence-corrected chi connectivity index (χ0v) is 12.6. The molecule has 0 aliphatic heterocycles. The first-order valence-corrected chi connectivity index (χ1v) is 7.43. The highest BCUT2D eigenvalue weighted by molar-refractivity contribution is 7.99. The molecule has 0 saturated heterocycles. The van der Waals surface area contributed by atoms with E-state index in [4.69, 9.17) is 9.15 Å². The lowest BCUT2D eigenvalue weighted by Gasteiger charge is -2.04. The summed E-state index contributed by atoms with van der Waals surface area (Å²) in [4.78, 5) is 24.5. The molecule has 0 bridgehead atoms. The number of ether oxygens (including phenoxy) is 1. The number of carbonyl (C=O) groups excluding carboxylic acids is 1. The van der Waals surface area contributed by atoms with Gasteiger partial charge in [-0.2, -0.15) is 0 Å². The number of esters is 1. The molecule has 1 aromatic heterocycles. The van der Waals surface area contributed by atoms with Crippen LogP contribution in [0.4, 0.5) is 0 Å². The topological polar surface area (TPSA) is 56.5 Å². The van der Waals surface area contributed by atoms with Gasteiger partial charge in [0.2, 0.25) is 0 Å². The number of rotatable bonds is 3. The summed E-state index contributed by atoms with van der Waals surface area (Å²) in [7, 11) is 0. The van der Waals surface area contributed by atoms with Gasteiger partial charge in [-0.15, -0.1) is 0 Å². The fourth-order valence-corrected chi connectivity index (χ4v) is 2.85. The molecule has 0 unspecified atom stereocenters. The fraction of sp³-hybridized carbons (Fsp3) is 0.0588. The molecule has 4 nitrogen and oxygen atoms in total. The normalized spacial score (nSPS) is 10.6. The summed E-state index contributed by atoms with van der Waals surface area (Å²) in [6.07, 6.45) is 0. The Balaban J connectivity index is 1.98. The molecule has 1 heterocycles. The van der Waals surface area contributed by atoms with E-state index in [0.29, 0.717) is 16.2 Å². The molecular weight excluding hydrogens is 300 g/mol. The van der Waals surface area contributed by atoms with Crippen molar-refractivity contribution in [3.05, 3.63) is 65.0 Å². The number of hydrogen-bond acceptors (Lipinski definition) is 5. The Morgan fingerprint density at radius 3 is 2.59 bits per heavy atom. The maximum absolute atomic E-state index is 12.1. The predicted molar refractivity (Wildman–Crippen MR) is 84.4 cm³/mol. The van der Waals surface area contributed by atoms with Crippen LogP contribution in [0, 0.1) is 0 Å². The van der Waals surface area contributed by atoms with Crippen LogP contribution in [0.15, 0.2) is 73.6 Å². The van der Waals surface area contributed by atoms with Gasteiger partial charge in [0.25, 0.3) is 0 Å². The number of benzene rings is 2. The van der Waals surface area contributed by atoms with Gasteiger partial charge in [0, 0.05) is 23.3 Å². The van der Waals surface area contributed by atoms with Gasteiger partial charge >= 0.3 is 11.6 Å². The first-order chi connectivity index (χ1) is 10.6. The average Bonchev–Trinajstić information content (AvgIpc) is 2.49. The maximum Gasteiger partial charge on any atom is 0.350 e. The van der Waals surface area contributed by atoms with Crippen LogP contribution in [0.5, 0.6) is 5.75 Å². The Hall–Kier alpha value is -2.53. The first kappa shape index (κ1) is 14.4. The molecule has 0 saturated carbocycles. The van der Waals surface area contributed by atoms with E-state index in [1.54, 1.807) is 18.2 Å². The summed E-state index contributed by atoms with van der Waals surface area (Å²) in [5, 5.41) is 0.772. The Kier molecular flexibility index (Phi) is 3.98. The largest absolute Gasteiger partial charge is 0.427 e. The third-order valence-corrected chi connectivity index (χ3v) is 3.92. The lowest BCUT2D eigenvalue weighted by atomic mass is 10.2. The second kappa shape index (κ2) is 6.07. The van der Waals surface area contributed by atoms with Gasteiger partial charge in [0.05, 0.1) is 4.90 Å². The van der Waals surface area contributed by atoms with Crippen LogP contribution in [-0.2, 0) is 4.79 Å². The van der Waals surface area contributed by atoms with E-state index < -0.39 is 11.6 Å². The molecule has 110 valence electrons. The van der Waals surface area contributed by atoms with E-state index in [2.05, 4.69) is 0 Å². The van der Waals surface area contributed by atoms with Crippen molar-refractivity contribution < 1.29 is 13.9 Å². The highest BCUT2D eigenvalue weighted by Gasteiger charge is 2.09. The summed E-state index contributed by atoms with van der Waals surface area (Å²) >= 11 is 1.35. The third-order valence-electron chi connectivity index (χ3n) is 2.91. The molecule has 3 rings (SSSR count). The molecule has 3 aromatic rings. The Labute approximate surface area is 130 Å². The molecule has 0 atom stereocenters. The average molecular weight is 312 g/mol. The van der Waals surface area contributed by atoms with Crippen LogP contribution in [0.25, 0.3) is 11.0 Å². The second-order valence-corrected chi connectivity index (χ2v) is 5.72. The predicted octanol–water partition coefficient (Wildman–Crippen LogP) is 3.87. The zero-order valence-electron chi connectivity index (χ0n) is 11.7. The van der Waals surface area contributed by atoms with Gasteiger partial charge in [-0.1, -0.05) is 30.0 Å². The Bertz CT molecular complexity index is 884. The number of fused-ring (bicyclic) bond motifs is 1. The second-order valence-electron chi connectivity index (χ2n) is 4.61. The summed E-state index contributed by atoms with van der Waals surface area (Å²) < 4.78 is 10.3. The Morgan fingerprint density at radius 2 is 1.86 bits per heavy atom. The lowest BCUT2D eigenvalue weighted by Crippen LogP contribution is -2.03. The minimum Gasteiger partial charge on any atom is -0.427 e. The van der Waals surface area contributed by atoms with Crippen LogP contribution in [0.1, 0.15) is 6.92 Å². The molecule has 0 radical (unpaired) electrons.